The number of nitrogens with zero attached hydrogens (tertiary/aromatic N) is 2. The van der Waals surface area contributed by atoms with Crippen LogP contribution in [0.1, 0.15) is 27.4 Å². The van der Waals surface area contributed by atoms with Crippen molar-refractivity contribution in [1.82, 2.24) is 9.88 Å². The lowest BCUT2D eigenvalue weighted by Gasteiger charge is -2.26. The number of aryl methyl sites for hydroxylation is 1. The maximum absolute atomic E-state index is 13.3. The van der Waals surface area contributed by atoms with E-state index in [-0.39, 0.29) is 11.3 Å². The van der Waals surface area contributed by atoms with Gasteiger partial charge in [0.15, 0.2) is 0 Å². The Hall–Kier alpha value is -4.92. The van der Waals surface area contributed by atoms with Crippen LogP contribution in [0.2, 0.25) is 0 Å². The van der Waals surface area contributed by atoms with Crippen LogP contribution in [0.5, 0.6) is 0 Å². The standard InChI is InChI=1S/C27H21N3O6/c1-16-6-5-7-18(12-16)30-25(32)21(24(31)28-27(30)34)13-17-14-29(22-9-4-3-8-20(17)22)15-19-10-11-23(36-19)26(33)35-2/h3-14H,15H2,1-2H3,(H,28,31,34)/b21-13+. The minimum absolute atomic E-state index is 0.0942. The number of aromatic nitrogens is 1. The molecule has 0 spiro atoms. The van der Waals surface area contributed by atoms with Crippen LogP contribution in [0.4, 0.5) is 10.5 Å². The molecule has 3 heterocycles. The van der Waals surface area contributed by atoms with Crippen LogP contribution in [0, 0.1) is 6.92 Å². The van der Waals surface area contributed by atoms with Crippen molar-refractivity contribution in [3.8, 4) is 0 Å². The van der Waals surface area contributed by atoms with Crippen LogP contribution < -0.4 is 10.2 Å². The fraction of sp³-hybridized carbons (Fsp3) is 0.111. The number of benzene rings is 2. The second-order valence-electron chi connectivity index (χ2n) is 8.28. The number of hydrogen-bond acceptors (Lipinski definition) is 6. The summed E-state index contributed by atoms with van der Waals surface area (Å²) in [6, 6.07) is 16.8. The molecule has 2 aromatic heterocycles. The van der Waals surface area contributed by atoms with Crippen LogP contribution >= 0.6 is 0 Å². The Balaban J connectivity index is 1.53. The number of anilines is 1. The lowest BCUT2D eigenvalue weighted by Crippen LogP contribution is -2.54. The second kappa shape index (κ2) is 9.03. The molecule has 0 saturated carbocycles. The first kappa shape index (κ1) is 22.9. The van der Waals surface area contributed by atoms with Gasteiger partial charge in [0.05, 0.1) is 19.3 Å². The molecular weight excluding hydrogens is 462 g/mol. The van der Waals surface area contributed by atoms with Gasteiger partial charge in [-0.1, -0.05) is 30.3 Å². The Kier molecular flexibility index (Phi) is 5.73. The van der Waals surface area contributed by atoms with Crippen molar-refractivity contribution < 1.29 is 28.3 Å². The van der Waals surface area contributed by atoms with Gasteiger partial charge in [-0.05, 0) is 48.9 Å². The molecule has 9 nitrogen and oxygen atoms in total. The van der Waals surface area contributed by atoms with Gasteiger partial charge < -0.3 is 13.7 Å². The fourth-order valence-corrected chi connectivity index (χ4v) is 4.18. The van der Waals surface area contributed by atoms with Crippen LogP contribution in [-0.2, 0) is 20.9 Å². The van der Waals surface area contributed by atoms with Gasteiger partial charge in [0.25, 0.3) is 11.8 Å². The Labute approximate surface area is 205 Å². The zero-order chi connectivity index (χ0) is 25.4. The minimum Gasteiger partial charge on any atom is -0.463 e. The number of imide groups is 2. The summed E-state index contributed by atoms with van der Waals surface area (Å²) in [5, 5.41) is 3.05. The van der Waals surface area contributed by atoms with E-state index in [1.165, 1.54) is 19.3 Å². The number of hydrogen-bond donors (Lipinski definition) is 1. The van der Waals surface area contributed by atoms with Crippen LogP contribution in [0.3, 0.4) is 0 Å². The number of barbiturate groups is 1. The molecule has 1 N–H and O–H groups in total. The molecule has 0 radical (unpaired) electrons. The molecule has 2 aromatic carbocycles. The summed E-state index contributed by atoms with van der Waals surface area (Å²) in [6.07, 6.45) is 3.26. The van der Waals surface area contributed by atoms with Crippen molar-refractivity contribution in [2.24, 2.45) is 0 Å². The summed E-state index contributed by atoms with van der Waals surface area (Å²) in [5.41, 5.74) is 2.52. The molecule has 180 valence electrons. The molecule has 0 aliphatic carbocycles. The van der Waals surface area contributed by atoms with Gasteiger partial charge in [-0.2, -0.15) is 0 Å². The zero-order valence-corrected chi connectivity index (χ0v) is 19.5. The number of fused-ring (bicyclic) bond motifs is 1. The number of furan rings is 1. The highest BCUT2D eigenvalue weighted by molar-refractivity contribution is 6.39. The van der Waals surface area contributed by atoms with Crippen molar-refractivity contribution in [3.05, 3.63) is 95.1 Å². The van der Waals surface area contributed by atoms with E-state index < -0.39 is 23.8 Å². The molecule has 1 fully saturated rings. The smallest absolute Gasteiger partial charge is 0.373 e. The van der Waals surface area contributed by atoms with Crippen molar-refractivity contribution in [2.45, 2.75) is 13.5 Å². The predicted molar refractivity (Wildman–Crippen MR) is 131 cm³/mol. The first-order valence-electron chi connectivity index (χ1n) is 11.1. The molecule has 36 heavy (non-hydrogen) atoms. The van der Waals surface area contributed by atoms with Crippen molar-refractivity contribution in [1.29, 1.82) is 0 Å². The number of rotatable bonds is 5. The molecule has 0 unspecified atom stereocenters. The quantitative estimate of drug-likeness (QED) is 0.261. The van der Waals surface area contributed by atoms with E-state index in [9.17, 15) is 19.2 Å². The monoisotopic (exact) mass is 483 g/mol. The number of amides is 4. The Morgan fingerprint density at radius 3 is 2.64 bits per heavy atom. The third kappa shape index (κ3) is 4.07. The van der Waals surface area contributed by atoms with Crippen LogP contribution in [0.25, 0.3) is 17.0 Å². The molecule has 4 amide bonds. The summed E-state index contributed by atoms with van der Waals surface area (Å²) in [6.45, 7) is 2.15. The third-order valence-corrected chi connectivity index (χ3v) is 5.86. The average Bonchev–Trinajstić information content (AvgIpc) is 3.46. The van der Waals surface area contributed by atoms with Gasteiger partial charge in [0, 0.05) is 22.7 Å². The van der Waals surface area contributed by atoms with E-state index in [0.717, 1.165) is 21.4 Å². The third-order valence-electron chi connectivity index (χ3n) is 5.86. The number of urea groups is 1. The molecule has 5 rings (SSSR count). The zero-order valence-electron chi connectivity index (χ0n) is 19.5. The normalized spacial score (nSPS) is 15.0. The number of esters is 1. The molecule has 1 aliphatic rings. The Bertz CT molecular complexity index is 1580. The SMILES string of the molecule is COC(=O)c1ccc(Cn2cc(/C=C3\C(=O)NC(=O)N(c4cccc(C)c4)C3=O)c3ccccc32)o1. The van der Waals surface area contributed by atoms with Crippen LogP contribution in [0.15, 0.2) is 76.9 Å². The summed E-state index contributed by atoms with van der Waals surface area (Å²) < 4.78 is 12.2. The molecule has 0 bridgehead atoms. The predicted octanol–water partition coefficient (Wildman–Crippen LogP) is 4.04. The number of para-hydroxylation sites is 1. The molecule has 1 saturated heterocycles. The topological polar surface area (TPSA) is 111 Å². The number of nitrogens with one attached hydrogen (secondary N) is 1. The number of methoxy groups -OCH3 is 1. The number of ether oxygens (including phenoxy) is 1. The summed E-state index contributed by atoms with van der Waals surface area (Å²) in [4.78, 5) is 51.2. The first-order valence-corrected chi connectivity index (χ1v) is 11.1. The second-order valence-corrected chi connectivity index (χ2v) is 8.28. The molecule has 9 heteroatoms. The van der Waals surface area contributed by atoms with E-state index in [1.807, 2.05) is 41.8 Å². The van der Waals surface area contributed by atoms with E-state index in [2.05, 4.69) is 10.1 Å². The molecule has 0 atom stereocenters. The highest BCUT2D eigenvalue weighted by Crippen LogP contribution is 2.28. The van der Waals surface area contributed by atoms with Crippen molar-refractivity contribution >= 4 is 46.5 Å². The Morgan fingerprint density at radius 2 is 1.86 bits per heavy atom. The summed E-state index contributed by atoms with van der Waals surface area (Å²) >= 11 is 0. The van der Waals surface area contributed by atoms with E-state index in [4.69, 9.17) is 4.42 Å². The minimum atomic E-state index is -0.797. The Morgan fingerprint density at radius 1 is 1.06 bits per heavy atom. The van der Waals surface area contributed by atoms with E-state index >= 15 is 0 Å². The van der Waals surface area contributed by atoms with Gasteiger partial charge in [0.1, 0.15) is 11.3 Å². The van der Waals surface area contributed by atoms with Crippen molar-refractivity contribution in [2.75, 3.05) is 12.0 Å². The highest BCUT2D eigenvalue weighted by Gasteiger charge is 2.37. The van der Waals surface area contributed by atoms with Gasteiger partial charge in [-0.3, -0.25) is 14.9 Å². The largest absolute Gasteiger partial charge is 0.463 e. The summed E-state index contributed by atoms with van der Waals surface area (Å²) in [7, 11) is 1.28. The van der Waals surface area contributed by atoms with E-state index in [1.54, 1.807) is 30.5 Å². The first-order chi connectivity index (χ1) is 17.4. The number of carbonyl (C=O) groups is 4. The van der Waals surface area contributed by atoms with Gasteiger partial charge in [-0.15, -0.1) is 0 Å². The molecular formula is C27H21N3O6. The van der Waals surface area contributed by atoms with Gasteiger partial charge >= 0.3 is 12.0 Å². The molecule has 1 aliphatic heterocycles. The fourth-order valence-electron chi connectivity index (χ4n) is 4.18. The highest BCUT2D eigenvalue weighted by atomic mass is 16.5. The van der Waals surface area contributed by atoms with Gasteiger partial charge in [0.2, 0.25) is 5.76 Å². The molecule has 4 aromatic rings. The number of carbonyl (C=O) groups excluding carboxylic acids is 4. The maximum Gasteiger partial charge on any atom is 0.373 e. The average molecular weight is 483 g/mol. The van der Waals surface area contributed by atoms with Gasteiger partial charge in [-0.25, -0.2) is 14.5 Å². The van der Waals surface area contributed by atoms with Crippen molar-refractivity contribution in [3.63, 3.8) is 0 Å². The lowest BCUT2D eigenvalue weighted by atomic mass is 10.1. The van der Waals surface area contributed by atoms with E-state index in [0.29, 0.717) is 23.6 Å². The van der Waals surface area contributed by atoms with Crippen LogP contribution in [-0.4, -0.2) is 35.5 Å². The summed E-state index contributed by atoms with van der Waals surface area (Å²) in [5.74, 6) is -1.42. The maximum atomic E-state index is 13.3. The lowest BCUT2D eigenvalue weighted by molar-refractivity contribution is -0.122.